The lowest BCUT2D eigenvalue weighted by Gasteiger charge is -2.11. The van der Waals surface area contributed by atoms with E-state index in [1.54, 1.807) is 0 Å². The lowest BCUT2D eigenvalue weighted by Crippen LogP contribution is -2.09. The smallest absolute Gasteiger partial charge is 0.247 e. The average Bonchev–Trinajstić information content (AvgIpc) is 2.38. The van der Waals surface area contributed by atoms with Crippen molar-refractivity contribution in [3.8, 4) is 11.1 Å². The maximum Gasteiger partial charge on any atom is 0.433 e. The van der Waals surface area contributed by atoms with E-state index < -0.39 is 17.7 Å². The first-order valence-corrected chi connectivity index (χ1v) is 6.43. The second-order valence-corrected chi connectivity index (χ2v) is 4.39. The van der Waals surface area contributed by atoms with Crippen LogP contribution in [0.25, 0.3) is 11.1 Å². The maximum atomic E-state index is 12.8. The van der Waals surface area contributed by atoms with Crippen LogP contribution in [0.1, 0.15) is 11.4 Å². The van der Waals surface area contributed by atoms with Crippen LogP contribution in [-0.2, 0) is 11.5 Å². The van der Waals surface area contributed by atoms with Crippen LogP contribution in [0.15, 0.2) is 36.4 Å². The summed E-state index contributed by atoms with van der Waals surface area (Å²) in [6.07, 6.45) is -4.47. The molecule has 6 heteroatoms. The van der Waals surface area contributed by atoms with E-state index in [-0.39, 0.29) is 11.0 Å². The molecule has 0 saturated carbocycles. The fourth-order valence-corrected chi connectivity index (χ4v) is 2.08. The first-order valence-electron chi connectivity index (χ1n) is 5.31. The van der Waals surface area contributed by atoms with Crippen molar-refractivity contribution in [2.75, 3.05) is 0 Å². The van der Waals surface area contributed by atoms with Gasteiger partial charge in [0.1, 0.15) is 11.5 Å². The molecule has 1 nitrogen and oxygen atoms in total. The number of alkyl halides is 4. The van der Waals surface area contributed by atoms with Crippen molar-refractivity contribution >= 4 is 15.9 Å². The Morgan fingerprint density at radius 3 is 2.16 bits per heavy atom. The van der Waals surface area contributed by atoms with Crippen molar-refractivity contribution in [2.45, 2.75) is 11.5 Å². The standard InChI is InChI=1S/C13H8BrF4N/c14-7-11-10(8-1-3-9(15)4-2-8)5-6-12(19-11)13(16,17)18/h1-6H,7H2. The first kappa shape index (κ1) is 14.0. The van der Waals surface area contributed by atoms with Crippen molar-refractivity contribution in [3.05, 3.63) is 53.6 Å². The largest absolute Gasteiger partial charge is 0.433 e. The number of benzene rings is 1. The molecule has 0 radical (unpaired) electrons. The Bertz CT molecular complexity index is 578. The highest BCUT2D eigenvalue weighted by atomic mass is 79.9. The summed E-state index contributed by atoms with van der Waals surface area (Å²) < 4.78 is 50.5. The van der Waals surface area contributed by atoms with Crippen LogP contribution in [0.2, 0.25) is 0 Å². The minimum Gasteiger partial charge on any atom is -0.247 e. The molecule has 19 heavy (non-hydrogen) atoms. The zero-order valence-electron chi connectivity index (χ0n) is 9.51. The third-order valence-corrected chi connectivity index (χ3v) is 3.08. The highest BCUT2D eigenvalue weighted by Crippen LogP contribution is 2.31. The van der Waals surface area contributed by atoms with E-state index in [4.69, 9.17) is 0 Å². The highest BCUT2D eigenvalue weighted by molar-refractivity contribution is 9.08. The highest BCUT2D eigenvalue weighted by Gasteiger charge is 2.32. The summed E-state index contributed by atoms with van der Waals surface area (Å²) in [6, 6.07) is 7.79. The van der Waals surface area contributed by atoms with Crippen LogP contribution < -0.4 is 0 Å². The fraction of sp³-hybridized carbons (Fsp3) is 0.154. The van der Waals surface area contributed by atoms with Gasteiger partial charge >= 0.3 is 6.18 Å². The molecule has 0 aliphatic carbocycles. The summed E-state index contributed by atoms with van der Waals surface area (Å²) in [5.41, 5.74) is 0.496. The van der Waals surface area contributed by atoms with Crippen molar-refractivity contribution < 1.29 is 17.6 Å². The van der Waals surface area contributed by atoms with Gasteiger partial charge in [-0.1, -0.05) is 34.1 Å². The quantitative estimate of drug-likeness (QED) is 0.568. The Morgan fingerprint density at radius 1 is 1.00 bits per heavy atom. The zero-order valence-corrected chi connectivity index (χ0v) is 11.1. The molecule has 1 aromatic heterocycles. The lowest BCUT2D eigenvalue weighted by atomic mass is 10.0. The lowest BCUT2D eigenvalue weighted by molar-refractivity contribution is -0.141. The van der Waals surface area contributed by atoms with Crippen molar-refractivity contribution in [1.82, 2.24) is 4.98 Å². The molecule has 0 unspecified atom stereocenters. The van der Waals surface area contributed by atoms with Gasteiger partial charge in [0.05, 0.1) is 5.69 Å². The fourth-order valence-electron chi connectivity index (χ4n) is 1.65. The molecule has 0 saturated heterocycles. The topological polar surface area (TPSA) is 12.9 Å². The second kappa shape index (κ2) is 5.28. The molecule has 0 fully saturated rings. The number of pyridine rings is 1. The van der Waals surface area contributed by atoms with Crippen LogP contribution >= 0.6 is 15.9 Å². The molecule has 100 valence electrons. The Morgan fingerprint density at radius 2 is 1.63 bits per heavy atom. The minimum absolute atomic E-state index is 0.184. The summed E-state index contributed by atoms with van der Waals surface area (Å²) in [6.45, 7) is 0. The predicted molar refractivity (Wildman–Crippen MR) is 67.3 cm³/mol. The SMILES string of the molecule is Fc1ccc(-c2ccc(C(F)(F)F)nc2CBr)cc1. The summed E-state index contributed by atoms with van der Waals surface area (Å²) >= 11 is 3.12. The van der Waals surface area contributed by atoms with Gasteiger partial charge in [0, 0.05) is 10.9 Å². The van der Waals surface area contributed by atoms with E-state index in [1.807, 2.05) is 0 Å². The van der Waals surface area contributed by atoms with Crippen LogP contribution in [0, 0.1) is 5.82 Å². The molecular formula is C13H8BrF4N. The third-order valence-electron chi connectivity index (χ3n) is 2.55. The molecule has 0 bridgehead atoms. The van der Waals surface area contributed by atoms with E-state index in [0.29, 0.717) is 11.1 Å². The summed E-state index contributed by atoms with van der Waals surface area (Å²) in [4.78, 5) is 3.60. The summed E-state index contributed by atoms with van der Waals surface area (Å²) in [5.74, 6) is -0.399. The van der Waals surface area contributed by atoms with E-state index in [9.17, 15) is 17.6 Å². The predicted octanol–water partition coefficient (Wildman–Crippen LogP) is 4.80. The number of halogens is 5. The number of hydrogen-bond donors (Lipinski definition) is 0. The molecule has 2 aromatic rings. The summed E-state index contributed by atoms with van der Waals surface area (Å²) in [7, 11) is 0. The van der Waals surface area contributed by atoms with Crippen LogP contribution in [0.5, 0.6) is 0 Å². The van der Waals surface area contributed by atoms with Crippen molar-refractivity contribution in [3.63, 3.8) is 0 Å². The monoisotopic (exact) mass is 333 g/mol. The molecule has 0 aliphatic rings. The van der Waals surface area contributed by atoms with Gasteiger partial charge in [-0.2, -0.15) is 13.2 Å². The third kappa shape index (κ3) is 3.12. The van der Waals surface area contributed by atoms with E-state index in [2.05, 4.69) is 20.9 Å². The van der Waals surface area contributed by atoms with Gasteiger partial charge in [0.2, 0.25) is 0 Å². The van der Waals surface area contributed by atoms with E-state index in [0.717, 1.165) is 6.07 Å². The molecular weight excluding hydrogens is 326 g/mol. The molecule has 0 spiro atoms. The van der Waals surface area contributed by atoms with Crippen molar-refractivity contribution in [1.29, 1.82) is 0 Å². The number of hydrogen-bond acceptors (Lipinski definition) is 1. The summed E-state index contributed by atoms with van der Waals surface area (Å²) in [5, 5.41) is 0.184. The maximum absolute atomic E-state index is 12.8. The van der Waals surface area contributed by atoms with E-state index in [1.165, 1.54) is 30.3 Å². The first-order chi connectivity index (χ1) is 8.91. The Balaban J connectivity index is 2.50. The van der Waals surface area contributed by atoms with Gasteiger partial charge in [-0.3, -0.25) is 0 Å². The normalized spacial score (nSPS) is 11.6. The molecule has 0 atom stereocenters. The van der Waals surface area contributed by atoms with E-state index >= 15 is 0 Å². The van der Waals surface area contributed by atoms with Gasteiger partial charge in [0.15, 0.2) is 0 Å². The van der Waals surface area contributed by atoms with Gasteiger partial charge in [0.25, 0.3) is 0 Å². The Labute approximate surface area is 115 Å². The number of rotatable bonds is 2. The van der Waals surface area contributed by atoms with Crippen LogP contribution in [0.4, 0.5) is 17.6 Å². The molecule has 0 aliphatic heterocycles. The second-order valence-electron chi connectivity index (χ2n) is 3.83. The van der Waals surface area contributed by atoms with Gasteiger partial charge in [-0.15, -0.1) is 0 Å². The minimum atomic E-state index is -4.47. The van der Waals surface area contributed by atoms with Gasteiger partial charge in [-0.25, -0.2) is 9.37 Å². The van der Waals surface area contributed by atoms with Crippen molar-refractivity contribution in [2.24, 2.45) is 0 Å². The van der Waals surface area contributed by atoms with Crippen LogP contribution in [-0.4, -0.2) is 4.98 Å². The number of nitrogens with zero attached hydrogens (tertiary/aromatic N) is 1. The molecule has 0 amide bonds. The number of aromatic nitrogens is 1. The zero-order chi connectivity index (χ0) is 14.0. The average molecular weight is 334 g/mol. The van der Waals surface area contributed by atoms with Gasteiger partial charge in [-0.05, 0) is 23.8 Å². The Kier molecular flexibility index (Phi) is 3.89. The van der Waals surface area contributed by atoms with Crippen LogP contribution in [0.3, 0.4) is 0 Å². The molecule has 1 aromatic carbocycles. The Hall–Kier alpha value is -1.43. The molecule has 1 heterocycles. The molecule has 0 N–H and O–H groups in total. The molecule has 2 rings (SSSR count). The van der Waals surface area contributed by atoms with Gasteiger partial charge < -0.3 is 0 Å².